The quantitative estimate of drug-likeness (QED) is 0.821. The molecule has 3 rings (SSSR count). The number of benzene rings is 1. The number of likely N-dealkylation sites (tertiary alicyclic amines) is 1. The first-order valence-electron chi connectivity index (χ1n) is 7.48. The van der Waals surface area contributed by atoms with Crippen molar-refractivity contribution >= 4 is 10.8 Å². The van der Waals surface area contributed by atoms with Crippen molar-refractivity contribution in [1.82, 2.24) is 14.7 Å². The number of rotatable bonds is 6. The van der Waals surface area contributed by atoms with Crippen LogP contribution < -0.4 is 0 Å². The van der Waals surface area contributed by atoms with E-state index in [0.717, 1.165) is 24.5 Å². The van der Waals surface area contributed by atoms with E-state index in [9.17, 15) is 4.21 Å². The molecule has 0 amide bonds. The number of nitrogens with zero attached hydrogens (tertiary/aromatic N) is 3. The molecule has 1 aromatic carbocycles. The summed E-state index contributed by atoms with van der Waals surface area (Å²) < 4.78 is 14.3. The summed E-state index contributed by atoms with van der Waals surface area (Å²) >= 11 is 0. The predicted octanol–water partition coefficient (Wildman–Crippen LogP) is 2.16. The van der Waals surface area contributed by atoms with Crippen molar-refractivity contribution < 1.29 is 4.21 Å². The second kappa shape index (κ2) is 7.00. The summed E-state index contributed by atoms with van der Waals surface area (Å²) in [4.78, 5) is 3.39. The van der Waals surface area contributed by atoms with Gasteiger partial charge in [0.25, 0.3) is 0 Å². The van der Waals surface area contributed by atoms with Crippen molar-refractivity contribution in [2.75, 3.05) is 18.8 Å². The highest BCUT2D eigenvalue weighted by molar-refractivity contribution is 7.85. The number of aromatic nitrogens is 2. The third-order valence-corrected chi connectivity index (χ3v) is 5.38. The Morgan fingerprint density at radius 2 is 2.10 bits per heavy atom. The lowest BCUT2D eigenvalue weighted by atomic mass is 10.2. The fourth-order valence-corrected chi connectivity index (χ4v) is 4.01. The largest absolute Gasteiger partial charge is 0.298 e. The van der Waals surface area contributed by atoms with E-state index < -0.39 is 10.8 Å². The van der Waals surface area contributed by atoms with Gasteiger partial charge in [-0.2, -0.15) is 5.10 Å². The summed E-state index contributed by atoms with van der Waals surface area (Å²) in [5.41, 5.74) is 0. The van der Waals surface area contributed by atoms with Gasteiger partial charge in [-0.3, -0.25) is 13.8 Å². The molecule has 0 saturated carbocycles. The van der Waals surface area contributed by atoms with Crippen molar-refractivity contribution in [2.45, 2.75) is 30.3 Å². The highest BCUT2D eigenvalue weighted by Gasteiger charge is 2.25. The highest BCUT2D eigenvalue weighted by atomic mass is 32.2. The fraction of sp³-hybridized carbons (Fsp3) is 0.438. The Morgan fingerprint density at radius 3 is 2.86 bits per heavy atom. The zero-order valence-electron chi connectivity index (χ0n) is 12.1. The van der Waals surface area contributed by atoms with Crippen molar-refractivity contribution in [1.29, 1.82) is 0 Å². The van der Waals surface area contributed by atoms with Gasteiger partial charge < -0.3 is 0 Å². The molecule has 0 bridgehead atoms. The molecule has 112 valence electrons. The van der Waals surface area contributed by atoms with Crippen LogP contribution in [-0.2, 0) is 17.3 Å². The molecule has 0 radical (unpaired) electrons. The molecule has 2 atom stereocenters. The summed E-state index contributed by atoms with van der Waals surface area (Å²) in [5, 5.41) is 4.29. The van der Waals surface area contributed by atoms with Gasteiger partial charge in [-0.1, -0.05) is 18.2 Å². The SMILES string of the molecule is O=[S@@](CCN1CCC[C@@H]1Cn1cccn1)c1ccccc1. The Morgan fingerprint density at radius 1 is 1.24 bits per heavy atom. The first-order chi connectivity index (χ1) is 10.3. The number of hydrogen-bond donors (Lipinski definition) is 0. The Hall–Kier alpha value is -1.46. The van der Waals surface area contributed by atoms with Crippen LogP contribution in [-0.4, -0.2) is 43.8 Å². The molecule has 0 spiro atoms. The minimum Gasteiger partial charge on any atom is -0.298 e. The van der Waals surface area contributed by atoms with Crippen LogP contribution in [0.5, 0.6) is 0 Å². The van der Waals surface area contributed by atoms with Crippen LogP contribution in [0.15, 0.2) is 53.7 Å². The first kappa shape index (κ1) is 14.5. The summed E-state index contributed by atoms with van der Waals surface area (Å²) in [7, 11) is -0.897. The Bertz CT molecular complexity index is 570. The van der Waals surface area contributed by atoms with Crippen LogP contribution >= 0.6 is 0 Å². The van der Waals surface area contributed by atoms with Crippen molar-refractivity contribution in [3.8, 4) is 0 Å². The molecule has 0 N–H and O–H groups in total. The maximum atomic E-state index is 12.3. The third kappa shape index (κ3) is 3.80. The van der Waals surface area contributed by atoms with Gasteiger partial charge in [0.1, 0.15) is 0 Å². The highest BCUT2D eigenvalue weighted by Crippen LogP contribution is 2.19. The summed E-state index contributed by atoms with van der Waals surface area (Å²) in [6, 6.07) is 12.2. The zero-order chi connectivity index (χ0) is 14.5. The van der Waals surface area contributed by atoms with Crippen molar-refractivity contribution in [3.05, 3.63) is 48.8 Å². The summed E-state index contributed by atoms with van der Waals surface area (Å²) in [5.74, 6) is 0.708. The number of hydrogen-bond acceptors (Lipinski definition) is 3. The van der Waals surface area contributed by atoms with E-state index in [1.807, 2.05) is 53.5 Å². The smallest absolute Gasteiger partial charge is 0.0564 e. The van der Waals surface area contributed by atoms with Gasteiger partial charge in [-0.15, -0.1) is 0 Å². The van der Waals surface area contributed by atoms with E-state index >= 15 is 0 Å². The predicted molar refractivity (Wildman–Crippen MR) is 84.5 cm³/mol. The topological polar surface area (TPSA) is 38.1 Å². The Balaban J connectivity index is 1.53. The van der Waals surface area contributed by atoms with Crippen LogP contribution in [0, 0.1) is 0 Å². The minimum absolute atomic E-state index is 0.526. The monoisotopic (exact) mass is 303 g/mol. The molecule has 1 aromatic heterocycles. The third-order valence-electron chi connectivity index (χ3n) is 4.03. The maximum Gasteiger partial charge on any atom is 0.0564 e. The summed E-state index contributed by atoms with van der Waals surface area (Å²) in [6.45, 7) is 2.94. The van der Waals surface area contributed by atoms with Crippen LogP contribution in [0.1, 0.15) is 12.8 Å². The molecule has 2 aromatic rings. The average Bonchev–Trinajstić information content (AvgIpc) is 3.18. The normalized spacial score (nSPS) is 20.7. The van der Waals surface area contributed by atoms with Gasteiger partial charge in [-0.05, 0) is 37.6 Å². The molecule has 1 aliphatic rings. The molecule has 21 heavy (non-hydrogen) atoms. The van der Waals surface area contributed by atoms with E-state index in [2.05, 4.69) is 10.00 Å². The van der Waals surface area contributed by atoms with Gasteiger partial charge in [0, 0.05) is 35.6 Å². The van der Waals surface area contributed by atoms with Crippen molar-refractivity contribution in [3.63, 3.8) is 0 Å². The van der Waals surface area contributed by atoms with E-state index in [-0.39, 0.29) is 0 Å². The van der Waals surface area contributed by atoms with Gasteiger partial charge >= 0.3 is 0 Å². The van der Waals surface area contributed by atoms with E-state index in [1.165, 1.54) is 12.8 Å². The van der Waals surface area contributed by atoms with Crippen LogP contribution in [0.25, 0.3) is 0 Å². The second-order valence-electron chi connectivity index (χ2n) is 5.42. The molecule has 1 fully saturated rings. The Kier molecular flexibility index (Phi) is 4.83. The standard InChI is InChI=1S/C16H21N3OS/c20-21(16-7-2-1-3-8-16)13-12-18-10-4-6-15(18)14-19-11-5-9-17-19/h1-3,5,7-9,11,15H,4,6,10,12-14H2/t15-,21+/m1/s1. The average molecular weight is 303 g/mol. The molecular formula is C16H21N3OS. The summed E-state index contributed by atoms with van der Waals surface area (Å²) in [6.07, 6.45) is 6.27. The molecule has 0 aliphatic carbocycles. The molecular weight excluding hydrogens is 282 g/mol. The molecule has 5 heteroatoms. The van der Waals surface area contributed by atoms with Gasteiger partial charge in [0.2, 0.25) is 0 Å². The minimum atomic E-state index is -0.897. The van der Waals surface area contributed by atoms with Crippen molar-refractivity contribution in [2.24, 2.45) is 0 Å². The van der Waals surface area contributed by atoms with E-state index in [0.29, 0.717) is 11.8 Å². The zero-order valence-corrected chi connectivity index (χ0v) is 12.9. The van der Waals surface area contributed by atoms with Crippen LogP contribution in [0.2, 0.25) is 0 Å². The lowest BCUT2D eigenvalue weighted by Gasteiger charge is -2.24. The molecule has 4 nitrogen and oxygen atoms in total. The van der Waals surface area contributed by atoms with E-state index in [1.54, 1.807) is 0 Å². The van der Waals surface area contributed by atoms with Gasteiger partial charge in [0.05, 0.1) is 17.3 Å². The molecule has 0 unspecified atom stereocenters. The maximum absolute atomic E-state index is 12.3. The first-order valence-corrected chi connectivity index (χ1v) is 8.80. The van der Waals surface area contributed by atoms with E-state index in [4.69, 9.17) is 0 Å². The molecule has 2 heterocycles. The Labute approximate surface area is 128 Å². The fourth-order valence-electron chi connectivity index (χ4n) is 2.91. The lowest BCUT2D eigenvalue weighted by Crippen LogP contribution is -2.35. The molecule has 1 aliphatic heterocycles. The van der Waals surface area contributed by atoms with Crippen LogP contribution in [0.4, 0.5) is 0 Å². The van der Waals surface area contributed by atoms with Gasteiger partial charge in [-0.25, -0.2) is 0 Å². The molecule has 1 saturated heterocycles. The van der Waals surface area contributed by atoms with Crippen LogP contribution in [0.3, 0.4) is 0 Å². The lowest BCUT2D eigenvalue weighted by molar-refractivity contribution is 0.240. The van der Waals surface area contributed by atoms with Gasteiger partial charge in [0.15, 0.2) is 0 Å². The second-order valence-corrected chi connectivity index (χ2v) is 6.99.